The predicted molar refractivity (Wildman–Crippen MR) is 101 cm³/mol. The van der Waals surface area contributed by atoms with Crippen molar-refractivity contribution in [1.29, 1.82) is 0 Å². The van der Waals surface area contributed by atoms with E-state index in [0.717, 1.165) is 16.7 Å². The van der Waals surface area contributed by atoms with Gasteiger partial charge < -0.3 is 15.3 Å². The van der Waals surface area contributed by atoms with Crippen molar-refractivity contribution in [3.05, 3.63) is 88.9 Å². The summed E-state index contributed by atoms with van der Waals surface area (Å²) in [6.07, 6.45) is 0. The van der Waals surface area contributed by atoms with Gasteiger partial charge in [0.15, 0.2) is 22.2 Å². The third-order valence-corrected chi connectivity index (χ3v) is 4.61. The molecule has 8 heteroatoms. The fourth-order valence-corrected chi connectivity index (χ4v) is 3.31. The summed E-state index contributed by atoms with van der Waals surface area (Å²) in [4.78, 5) is 42.3. The molecule has 8 nitrogen and oxygen atoms in total. The SMILES string of the molecule is O=c1ccc(=Nc2cc(O)n(CCO)c2O)c2c(=O)c3ccccc3c(=O)c1=2. The van der Waals surface area contributed by atoms with E-state index in [1.165, 1.54) is 18.2 Å². The average molecular weight is 378 g/mol. The van der Waals surface area contributed by atoms with E-state index in [2.05, 4.69) is 4.99 Å². The number of rotatable bonds is 3. The Bertz CT molecular complexity index is 1510. The lowest BCUT2D eigenvalue weighted by atomic mass is 10.0. The minimum atomic E-state index is -0.591. The normalized spacial score (nSPS) is 12.2. The number of aliphatic hydroxyl groups excluding tert-OH is 1. The molecule has 1 heterocycles. The van der Waals surface area contributed by atoms with Crippen molar-refractivity contribution in [2.24, 2.45) is 4.99 Å². The molecule has 0 saturated heterocycles. The largest absolute Gasteiger partial charge is 0.494 e. The van der Waals surface area contributed by atoms with Crippen LogP contribution in [0, 0.1) is 10.4 Å². The summed E-state index contributed by atoms with van der Waals surface area (Å²) in [5, 5.41) is 29.1. The van der Waals surface area contributed by atoms with Gasteiger partial charge in [0.2, 0.25) is 5.88 Å². The second-order valence-electron chi connectivity index (χ2n) is 6.24. The van der Waals surface area contributed by atoms with Gasteiger partial charge in [0.05, 0.1) is 28.9 Å². The lowest BCUT2D eigenvalue weighted by Crippen LogP contribution is -2.28. The number of aromatic hydroxyl groups is 2. The van der Waals surface area contributed by atoms with Crippen LogP contribution in [0.1, 0.15) is 0 Å². The summed E-state index contributed by atoms with van der Waals surface area (Å²) in [6.45, 7) is -0.380. The topological polar surface area (TPSA) is 129 Å². The maximum atomic E-state index is 13.0. The number of benzene rings is 1. The van der Waals surface area contributed by atoms with Gasteiger partial charge in [0, 0.05) is 16.8 Å². The maximum absolute atomic E-state index is 13.0. The Morgan fingerprint density at radius 1 is 0.893 bits per heavy atom. The first-order valence-electron chi connectivity index (χ1n) is 8.40. The molecule has 0 fully saturated rings. The number of aromatic nitrogens is 1. The van der Waals surface area contributed by atoms with Crippen LogP contribution < -0.4 is 21.6 Å². The molecule has 4 rings (SSSR count). The fraction of sp³-hybridized carbons (Fsp3) is 0.100. The van der Waals surface area contributed by atoms with Crippen LogP contribution in [0.4, 0.5) is 5.69 Å². The molecule has 0 aliphatic heterocycles. The van der Waals surface area contributed by atoms with E-state index >= 15 is 0 Å². The fourth-order valence-electron chi connectivity index (χ4n) is 3.31. The number of aliphatic hydroxyl groups is 1. The molecular formula is C20H14N2O6. The van der Waals surface area contributed by atoms with Gasteiger partial charge >= 0.3 is 0 Å². The van der Waals surface area contributed by atoms with Crippen molar-refractivity contribution in [2.75, 3.05) is 6.61 Å². The molecule has 1 aromatic carbocycles. The summed E-state index contributed by atoms with van der Waals surface area (Å²) in [5.74, 6) is -0.742. The summed E-state index contributed by atoms with van der Waals surface area (Å²) < 4.78 is 1.04. The Kier molecular flexibility index (Phi) is 4.05. The molecule has 0 saturated carbocycles. The van der Waals surface area contributed by atoms with E-state index in [4.69, 9.17) is 5.11 Å². The minimum absolute atomic E-state index is 0.0268. The monoisotopic (exact) mass is 378 g/mol. The van der Waals surface area contributed by atoms with Crippen LogP contribution in [-0.4, -0.2) is 26.5 Å². The standard InChI is InChI=1S/C20H14N2O6/c23-8-7-22-15(25)9-13(20(22)28)21-12-5-6-14(24)17-16(12)18(26)10-3-1-2-4-11(10)19(17)27/h1-6,9,23,25,28H,7-8H2. The summed E-state index contributed by atoms with van der Waals surface area (Å²) >= 11 is 0. The lowest BCUT2D eigenvalue weighted by Gasteiger charge is -2.03. The van der Waals surface area contributed by atoms with Crippen molar-refractivity contribution in [1.82, 2.24) is 4.57 Å². The molecule has 0 radical (unpaired) electrons. The smallest absolute Gasteiger partial charge is 0.220 e. The Balaban J connectivity index is 2.20. The van der Waals surface area contributed by atoms with Crippen LogP contribution in [0.2, 0.25) is 0 Å². The molecule has 0 bridgehead atoms. The van der Waals surface area contributed by atoms with Crippen LogP contribution in [0.25, 0.3) is 10.8 Å². The zero-order chi connectivity index (χ0) is 20.0. The van der Waals surface area contributed by atoms with Gasteiger partial charge in [-0.05, 0) is 12.1 Å². The molecule has 1 aromatic heterocycles. The summed E-state index contributed by atoms with van der Waals surface area (Å²) in [6, 6.07) is 9.80. The highest BCUT2D eigenvalue weighted by atomic mass is 16.3. The highest BCUT2D eigenvalue weighted by Gasteiger charge is 2.15. The van der Waals surface area contributed by atoms with Crippen molar-refractivity contribution in [2.45, 2.75) is 6.54 Å². The first kappa shape index (κ1) is 17.6. The Hall–Kier alpha value is -3.78. The van der Waals surface area contributed by atoms with Crippen molar-refractivity contribution in [3.63, 3.8) is 0 Å². The summed E-state index contributed by atoms with van der Waals surface area (Å²) in [5.41, 5.74) is -1.73. The highest BCUT2D eigenvalue weighted by molar-refractivity contribution is 5.82. The minimum Gasteiger partial charge on any atom is -0.494 e. The Morgan fingerprint density at radius 2 is 1.54 bits per heavy atom. The molecule has 0 amide bonds. The van der Waals surface area contributed by atoms with E-state index in [9.17, 15) is 24.6 Å². The summed E-state index contributed by atoms with van der Waals surface area (Å²) in [7, 11) is 0. The molecule has 28 heavy (non-hydrogen) atoms. The van der Waals surface area contributed by atoms with Gasteiger partial charge in [0.1, 0.15) is 5.69 Å². The molecule has 140 valence electrons. The van der Waals surface area contributed by atoms with Gasteiger partial charge in [-0.25, -0.2) is 4.99 Å². The van der Waals surface area contributed by atoms with Crippen molar-refractivity contribution < 1.29 is 15.3 Å². The number of hydrogen-bond donors (Lipinski definition) is 3. The van der Waals surface area contributed by atoms with E-state index < -0.39 is 22.2 Å². The predicted octanol–water partition coefficient (Wildman–Crippen LogP) is -0.0418. The van der Waals surface area contributed by atoms with Crippen LogP contribution in [0.3, 0.4) is 0 Å². The Labute approximate surface area is 155 Å². The van der Waals surface area contributed by atoms with Crippen LogP contribution in [0.5, 0.6) is 11.8 Å². The van der Waals surface area contributed by atoms with Gasteiger partial charge in [-0.3, -0.25) is 19.0 Å². The zero-order valence-corrected chi connectivity index (χ0v) is 14.4. The van der Waals surface area contributed by atoms with Gasteiger partial charge in [0.25, 0.3) is 0 Å². The Morgan fingerprint density at radius 3 is 2.18 bits per heavy atom. The van der Waals surface area contributed by atoms with Gasteiger partial charge in [-0.1, -0.05) is 24.3 Å². The molecule has 2 aliphatic rings. The molecule has 0 spiro atoms. The number of nitrogens with zero attached hydrogens (tertiary/aromatic N) is 2. The zero-order valence-electron chi connectivity index (χ0n) is 14.4. The van der Waals surface area contributed by atoms with Gasteiger partial charge in [-0.2, -0.15) is 0 Å². The number of hydrogen-bond acceptors (Lipinski definition) is 7. The first-order chi connectivity index (χ1) is 13.4. The van der Waals surface area contributed by atoms with E-state index in [0.29, 0.717) is 0 Å². The molecule has 3 N–H and O–H groups in total. The molecular weight excluding hydrogens is 364 g/mol. The van der Waals surface area contributed by atoms with E-state index in [1.54, 1.807) is 12.1 Å². The second kappa shape index (κ2) is 6.43. The average Bonchev–Trinajstić information content (AvgIpc) is 2.95. The lowest BCUT2D eigenvalue weighted by molar-refractivity contribution is 0.256. The van der Waals surface area contributed by atoms with Crippen LogP contribution in [-0.2, 0) is 6.54 Å². The molecule has 2 aliphatic carbocycles. The van der Waals surface area contributed by atoms with Crippen LogP contribution in [0.15, 0.2) is 61.8 Å². The highest BCUT2D eigenvalue weighted by Crippen LogP contribution is 2.33. The second-order valence-corrected chi connectivity index (χ2v) is 6.24. The van der Waals surface area contributed by atoms with E-state index in [-0.39, 0.29) is 51.3 Å². The van der Waals surface area contributed by atoms with Crippen LogP contribution >= 0.6 is 0 Å². The maximum Gasteiger partial charge on any atom is 0.220 e. The first-order valence-corrected chi connectivity index (χ1v) is 8.40. The van der Waals surface area contributed by atoms with Crippen molar-refractivity contribution >= 4 is 16.5 Å². The molecule has 0 atom stereocenters. The number of fused-ring (bicyclic) bond motifs is 1. The third kappa shape index (κ3) is 2.50. The third-order valence-electron chi connectivity index (χ3n) is 4.61. The molecule has 2 aromatic rings. The van der Waals surface area contributed by atoms with E-state index in [1.807, 2.05) is 0 Å². The van der Waals surface area contributed by atoms with Crippen molar-refractivity contribution in [3.8, 4) is 11.8 Å². The van der Waals surface area contributed by atoms with Gasteiger partial charge in [-0.15, -0.1) is 0 Å². The molecule has 0 unspecified atom stereocenters. The quantitative estimate of drug-likeness (QED) is 0.459.